The summed E-state index contributed by atoms with van der Waals surface area (Å²) in [5, 5.41) is 9.56. The molecule has 0 bridgehead atoms. The number of rotatable bonds is 7. The standard InChI is InChI=1S/C20H27NO6/c1-25-13-20(19(23)24)9-10-21(12-20)18(22)14-7-8-16(17(11-14)26-2)27-15-5-3-4-6-15/h7-8,11,15H,3-6,9-10,12-13H2,1-2H3,(H,23,24). The molecule has 2 fully saturated rings. The van der Waals surface area contributed by atoms with E-state index < -0.39 is 11.4 Å². The van der Waals surface area contributed by atoms with Crippen molar-refractivity contribution in [1.29, 1.82) is 0 Å². The number of hydrogen-bond acceptors (Lipinski definition) is 5. The Balaban J connectivity index is 1.74. The third-order valence-electron chi connectivity index (χ3n) is 5.52. The average Bonchev–Trinajstić information content (AvgIpc) is 3.32. The predicted octanol–water partition coefficient (Wildman–Crippen LogP) is 2.58. The van der Waals surface area contributed by atoms with Crippen molar-refractivity contribution in [1.82, 2.24) is 4.90 Å². The van der Waals surface area contributed by atoms with Gasteiger partial charge >= 0.3 is 5.97 Å². The fraction of sp³-hybridized carbons (Fsp3) is 0.600. The van der Waals surface area contributed by atoms with Crippen LogP contribution in [0.3, 0.4) is 0 Å². The van der Waals surface area contributed by atoms with E-state index in [0.717, 1.165) is 12.8 Å². The molecule has 0 spiro atoms. The number of nitrogens with zero attached hydrogens (tertiary/aromatic N) is 1. The molecule has 1 aliphatic heterocycles. The zero-order chi connectivity index (χ0) is 19.4. The smallest absolute Gasteiger partial charge is 0.313 e. The number of carbonyl (C=O) groups is 2. The third-order valence-corrected chi connectivity index (χ3v) is 5.52. The van der Waals surface area contributed by atoms with Gasteiger partial charge in [0.05, 0.1) is 19.8 Å². The molecule has 1 amide bonds. The summed E-state index contributed by atoms with van der Waals surface area (Å²) in [4.78, 5) is 26.1. The zero-order valence-electron chi connectivity index (χ0n) is 15.9. The Labute approximate surface area is 159 Å². The third kappa shape index (κ3) is 4.03. The minimum Gasteiger partial charge on any atom is -0.493 e. The van der Waals surface area contributed by atoms with Gasteiger partial charge < -0.3 is 24.2 Å². The summed E-state index contributed by atoms with van der Waals surface area (Å²) in [6.07, 6.45) is 4.99. The first-order valence-electron chi connectivity index (χ1n) is 9.35. The van der Waals surface area contributed by atoms with Crippen molar-refractivity contribution in [2.45, 2.75) is 38.2 Å². The summed E-state index contributed by atoms with van der Waals surface area (Å²) in [6.45, 7) is 0.610. The second-order valence-corrected chi connectivity index (χ2v) is 7.39. The van der Waals surface area contributed by atoms with E-state index in [-0.39, 0.29) is 25.2 Å². The Hall–Kier alpha value is -2.28. The number of carboxylic acids is 1. The molecule has 7 heteroatoms. The summed E-state index contributed by atoms with van der Waals surface area (Å²) >= 11 is 0. The first-order chi connectivity index (χ1) is 13.0. The summed E-state index contributed by atoms with van der Waals surface area (Å²) in [5.41, 5.74) is -0.579. The van der Waals surface area contributed by atoms with Crippen molar-refractivity contribution in [2.75, 3.05) is 33.9 Å². The van der Waals surface area contributed by atoms with Gasteiger partial charge in [0.2, 0.25) is 0 Å². The molecule has 27 heavy (non-hydrogen) atoms. The Bertz CT molecular complexity index is 700. The molecule has 7 nitrogen and oxygen atoms in total. The molecule has 1 saturated heterocycles. The van der Waals surface area contributed by atoms with Crippen LogP contribution in [-0.2, 0) is 9.53 Å². The van der Waals surface area contributed by atoms with Crippen molar-refractivity contribution >= 4 is 11.9 Å². The van der Waals surface area contributed by atoms with Gasteiger partial charge in [-0.3, -0.25) is 9.59 Å². The van der Waals surface area contributed by atoms with Crippen LogP contribution in [0.4, 0.5) is 0 Å². The number of aliphatic carboxylic acids is 1. The molecule has 1 unspecified atom stereocenters. The Morgan fingerprint density at radius 2 is 1.96 bits per heavy atom. The highest BCUT2D eigenvalue weighted by atomic mass is 16.5. The van der Waals surface area contributed by atoms with Crippen LogP contribution in [0.5, 0.6) is 11.5 Å². The number of carbonyl (C=O) groups excluding carboxylic acids is 1. The highest BCUT2D eigenvalue weighted by molar-refractivity contribution is 5.95. The number of likely N-dealkylation sites (tertiary alicyclic amines) is 1. The lowest BCUT2D eigenvalue weighted by Crippen LogP contribution is -2.40. The first-order valence-corrected chi connectivity index (χ1v) is 9.35. The lowest BCUT2D eigenvalue weighted by molar-refractivity contribution is -0.151. The normalized spacial score (nSPS) is 22.8. The predicted molar refractivity (Wildman–Crippen MR) is 98.3 cm³/mol. The van der Waals surface area contributed by atoms with Gasteiger partial charge in [0.1, 0.15) is 5.41 Å². The van der Waals surface area contributed by atoms with Crippen LogP contribution in [0.15, 0.2) is 18.2 Å². The number of carboxylic acid groups (broad SMARTS) is 1. The van der Waals surface area contributed by atoms with E-state index in [1.807, 2.05) is 0 Å². The quantitative estimate of drug-likeness (QED) is 0.786. The van der Waals surface area contributed by atoms with Crippen LogP contribution in [0, 0.1) is 5.41 Å². The molecule has 3 rings (SSSR count). The zero-order valence-corrected chi connectivity index (χ0v) is 15.9. The maximum Gasteiger partial charge on any atom is 0.313 e. The molecule has 1 saturated carbocycles. The van der Waals surface area contributed by atoms with Gasteiger partial charge in [0.25, 0.3) is 5.91 Å². The van der Waals surface area contributed by atoms with E-state index in [1.54, 1.807) is 30.2 Å². The molecular formula is C20H27NO6. The molecule has 1 aliphatic carbocycles. The SMILES string of the molecule is COCC1(C(=O)O)CCN(C(=O)c2ccc(OC3CCCC3)c(OC)c2)C1. The Morgan fingerprint density at radius 3 is 2.59 bits per heavy atom. The summed E-state index contributed by atoms with van der Waals surface area (Å²) in [7, 11) is 3.03. The van der Waals surface area contributed by atoms with Crippen LogP contribution < -0.4 is 9.47 Å². The van der Waals surface area contributed by atoms with Gasteiger partial charge in [-0.15, -0.1) is 0 Å². The molecule has 1 N–H and O–H groups in total. The number of benzene rings is 1. The number of amides is 1. The fourth-order valence-electron chi connectivity index (χ4n) is 3.94. The number of hydrogen-bond donors (Lipinski definition) is 1. The maximum absolute atomic E-state index is 12.9. The van der Waals surface area contributed by atoms with Crippen LogP contribution >= 0.6 is 0 Å². The monoisotopic (exact) mass is 377 g/mol. The molecule has 148 valence electrons. The molecule has 1 aromatic carbocycles. The van der Waals surface area contributed by atoms with E-state index in [4.69, 9.17) is 14.2 Å². The summed E-state index contributed by atoms with van der Waals surface area (Å²) in [6, 6.07) is 5.15. The lowest BCUT2D eigenvalue weighted by atomic mass is 9.88. The number of methoxy groups -OCH3 is 2. The van der Waals surface area contributed by atoms with Gasteiger partial charge in [-0.2, -0.15) is 0 Å². The number of ether oxygens (including phenoxy) is 3. The Morgan fingerprint density at radius 1 is 1.22 bits per heavy atom. The second kappa shape index (κ2) is 8.17. The lowest BCUT2D eigenvalue weighted by Gasteiger charge is -2.24. The van der Waals surface area contributed by atoms with Crippen LogP contribution in [0.25, 0.3) is 0 Å². The van der Waals surface area contributed by atoms with Crippen LogP contribution in [0.1, 0.15) is 42.5 Å². The van der Waals surface area contributed by atoms with E-state index in [9.17, 15) is 14.7 Å². The maximum atomic E-state index is 12.9. The molecule has 0 radical (unpaired) electrons. The van der Waals surface area contributed by atoms with Crippen LogP contribution in [-0.4, -0.2) is 61.9 Å². The van der Waals surface area contributed by atoms with E-state index >= 15 is 0 Å². The van der Waals surface area contributed by atoms with Gasteiger partial charge in [-0.1, -0.05) is 0 Å². The fourth-order valence-corrected chi connectivity index (χ4v) is 3.94. The van der Waals surface area contributed by atoms with E-state index in [2.05, 4.69) is 0 Å². The van der Waals surface area contributed by atoms with Crippen molar-refractivity contribution < 1.29 is 28.9 Å². The molecule has 0 aromatic heterocycles. The second-order valence-electron chi connectivity index (χ2n) is 7.39. The minimum absolute atomic E-state index is 0.0869. The van der Waals surface area contributed by atoms with Gasteiger partial charge in [-0.05, 0) is 50.3 Å². The van der Waals surface area contributed by atoms with Gasteiger partial charge in [-0.25, -0.2) is 0 Å². The highest BCUT2D eigenvalue weighted by Crippen LogP contribution is 2.35. The largest absolute Gasteiger partial charge is 0.493 e. The van der Waals surface area contributed by atoms with Gasteiger partial charge in [0, 0.05) is 25.8 Å². The molecular weight excluding hydrogens is 350 g/mol. The topological polar surface area (TPSA) is 85.3 Å². The highest BCUT2D eigenvalue weighted by Gasteiger charge is 2.46. The van der Waals surface area contributed by atoms with Crippen molar-refractivity contribution in [3.8, 4) is 11.5 Å². The van der Waals surface area contributed by atoms with Gasteiger partial charge in [0.15, 0.2) is 11.5 Å². The van der Waals surface area contributed by atoms with Crippen LogP contribution in [0.2, 0.25) is 0 Å². The molecule has 1 aromatic rings. The van der Waals surface area contributed by atoms with Crippen molar-refractivity contribution in [3.63, 3.8) is 0 Å². The minimum atomic E-state index is -1.04. The summed E-state index contributed by atoms with van der Waals surface area (Å²) < 4.78 is 16.5. The van der Waals surface area contributed by atoms with Crippen molar-refractivity contribution in [3.05, 3.63) is 23.8 Å². The molecule has 1 heterocycles. The molecule has 1 atom stereocenters. The molecule has 2 aliphatic rings. The van der Waals surface area contributed by atoms with Crippen molar-refractivity contribution in [2.24, 2.45) is 5.41 Å². The first kappa shape index (κ1) is 19.5. The summed E-state index contributed by atoms with van der Waals surface area (Å²) in [5.74, 6) is 0.0208. The van der Waals surface area contributed by atoms with E-state index in [0.29, 0.717) is 30.0 Å². The average molecular weight is 377 g/mol. The Kier molecular flexibility index (Phi) is 5.89. The van der Waals surface area contributed by atoms with E-state index in [1.165, 1.54) is 20.0 Å².